The number of halogens is 3. The van der Waals surface area contributed by atoms with Gasteiger partial charge in [-0.3, -0.25) is 4.79 Å². The zero-order valence-corrected chi connectivity index (χ0v) is 14.2. The van der Waals surface area contributed by atoms with Crippen LogP contribution in [0.15, 0.2) is 36.4 Å². The first-order valence-electron chi connectivity index (χ1n) is 6.98. The normalized spacial score (nSPS) is 11.9. The SMILES string of the molecule is COc1ccc([C@@H](C)NC(=O)Cc2c(Cl)cccc2Cl)cc1F. The van der Waals surface area contributed by atoms with E-state index in [1.54, 1.807) is 31.2 Å². The minimum Gasteiger partial charge on any atom is -0.494 e. The van der Waals surface area contributed by atoms with Crippen molar-refractivity contribution in [2.75, 3.05) is 7.11 Å². The Bertz CT molecular complexity index is 701. The van der Waals surface area contributed by atoms with Gasteiger partial charge in [-0.2, -0.15) is 0 Å². The molecule has 6 heteroatoms. The first-order valence-corrected chi connectivity index (χ1v) is 7.73. The highest BCUT2D eigenvalue weighted by Crippen LogP contribution is 2.25. The van der Waals surface area contributed by atoms with Gasteiger partial charge in [-0.25, -0.2) is 4.39 Å². The van der Waals surface area contributed by atoms with E-state index < -0.39 is 5.82 Å². The van der Waals surface area contributed by atoms with E-state index in [-0.39, 0.29) is 24.1 Å². The zero-order chi connectivity index (χ0) is 17.0. The van der Waals surface area contributed by atoms with E-state index >= 15 is 0 Å². The summed E-state index contributed by atoms with van der Waals surface area (Å²) in [6.07, 6.45) is 0.0570. The van der Waals surface area contributed by atoms with Crippen molar-refractivity contribution >= 4 is 29.1 Å². The van der Waals surface area contributed by atoms with E-state index in [0.29, 0.717) is 21.2 Å². The molecule has 0 spiro atoms. The Morgan fingerprint density at radius 2 is 1.91 bits per heavy atom. The second kappa shape index (κ2) is 7.66. The van der Waals surface area contributed by atoms with Gasteiger partial charge >= 0.3 is 0 Å². The van der Waals surface area contributed by atoms with Crippen molar-refractivity contribution in [1.29, 1.82) is 0 Å². The highest BCUT2D eigenvalue weighted by Gasteiger charge is 2.15. The van der Waals surface area contributed by atoms with Crippen LogP contribution in [0.2, 0.25) is 10.0 Å². The predicted molar refractivity (Wildman–Crippen MR) is 89.7 cm³/mol. The minimum absolute atomic E-state index is 0.0570. The topological polar surface area (TPSA) is 38.3 Å². The Labute approximate surface area is 144 Å². The lowest BCUT2D eigenvalue weighted by Gasteiger charge is -2.16. The fourth-order valence-corrected chi connectivity index (χ4v) is 2.72. The van der Waals surface area contributed by atoms with E-state index in [9.17, 15) is 9.18 Å². The van der Waals surface area contributed by atoms with Crippen LogP contribution >= 0.6 is 23.2 Å². The number of carbonyl (C=O) groups is 1. The maximum atomic E-state index is 13.7. The number of hydrogen-bond donors (Lipinski definition) is 1. The zero-order valence-electron chi connectivity index (χ0n) is 12.7. The number of rotatable bonds is 5. The Kier molecular flexibility index (Phi) is 5.85. The van der Waals surface area contributed by atoms with Gasteiger partial charge in [-0.15, -0.1) is 0 Å². The standard InChI is InChI=1S/C17H16Cl2FNO2/c1-10(11-6-7-16(23-2)15(20)8-11)21-17(22)9-12-13(18)4-3-5-14(12)19/h3-8,10H,9H2,1-2H3,(H,21,22)/t10-/m1/s1. The number of hydrogen-bond acceptors (Lipinski definition) is 2. The number of ether oxygens (including phenoxy) is 1. The van der Waals surface area contributed by atoms with Crippen LogP contribution in [0.5, 0.6) is 5.75 Å². The van der Waals surface area contributed by atoms with Gasteiger partial charge in [0.1, 0.15) is 0 Å². The fraction of sp³-hybridized carbons (Fsp3) is 0.235. The third-order valence-corrected chi connectivity index (χ3v) is 4.16. The second-order valence-electron chi connectivity index (χ2n) is 5.06. The summed E-state index contributed by atoms with van der Waals surface area (Å²) in [5.74, 6) is -0.556. The molecule has 0 fully saturated rings. The third-order valence-electron chi connectivity index (χ3n) is 3.45. The molecule has 2 rings (SSSR count). The smallest absolute Gasteiger partial charge is 0.225 e. The van der Waals surface area contributed by atoms with Crippen LogP contribution in [0.4, 0.5) is 4.39 Å². The van der Waals surface area contributed by atoms with Crippen molar-refractivity contribution in [3.05, 3.63) is 63.4 Å². The molecular weight excluding hydrogens is 340 g/mol. The van der Waals surface area contributed by atoms with Gasteiger partial charge in [0.05, 0.1) is 19.6 Å². The largest absolute Gasteiger partial charge is 0.494 e. The van der Waals surface area contributed by atoms with Crippen LogP contribution in [0.3, 0.4) is 0 Å². The molecule has 3 nitrogen and oxygen atoms in total. The van der Waals surface area contributed by atoms with E-state index in [0.717, 1.165) is 0 Å². The molecule has 2 aromatic carbocycles. The van der Waals surface area contributed by atoms with Gasteiger partial charge in [-0.1, -0.05) is 35.3 Å². The molecule has 0 heterocycles. The summed E-state index contributed by atoms with van der Waals surface area (Å²) in [7, 11) is 1.40. The van der Waals surface area contributed by atoms with E-state index in [1.165, 1.54) is 19.2 Å². The summed E-state index contributed by atoms with van der Waals surface area (Å²) in [6, 6.07) is 9.29. The van der Waals surface area contributed by atoms with Crippen molar-refractivity contribution < 1.29 is 13.9 Å². The molecule has 0 saturated carbocycles. The first kappa shape index (κ1) is 17.6. The average molecular weight is 356 g/mol. The summed E-state index contributed by atoms with van der Waals surface area (Å²) < 4.78 is 18.6. The lowest BCUT2D eigenvalue weighted by Crippen LogP contribution is -2.28. The summed E-state index contributed by atoms with van der Waals surface area (Å²) in [6.45, 7) is 1.77. The lowest BCUT2D eigenvalue weighted by atomic mass is 10.1. The summed E-state index contributed by atoms with van der Waals surface area (Å²) in [5.41, 5.74) is 1.21. The molecule has 0 aromatic heterocycles. The van der Waals surface area contributed by atoms with Crippen LogP contribution in [0.1, 0.15) is 24.1 Å². The van der Waals surface area contributed by atoms with Crippen molar-refractivity contribution in [2.45, 2.75) is 19.4 Å². The molecule has 0 aliphatic carbocycles. The van der Waals surface area contributed by atoms with Gasteiger partial charge < -0.3 is 10.1 Å². The molecule has 122 valence electrons. The van der Waals surface area contributed by atoms with Crippen LogP contribution in [-0.2, 0) is 11.2 Å². The quantitative estimate of drug-likeness (QED) is 0.853. The van der Waals surface area contributed by atoms with Crippen LogP contribution < -0.4 is 10.1 Å². The van der Waals surface area contributed by atoms with Crippen molar-refractivity contribution in [1.82, 2.24) is 5.32 Å². The van der Waals surface area contributed by atoms with Crippen molar-refractivity contribution in [2.24, 2.45) is 0 Å². The van der Waals surface area contributed by atoms with Crippen LogP contribution in [0, 0.1) is 5.82 Å². The molecule has 0 aliphatic heterocycles. The maximum absolute atomic E-state index is 13.7. The Morgan fingerprint density at radius 1 is 1.26 bits per heavy atom. The maximum Gasteiger partial charge on any atom is 0.225 e. The molecule has 1 atom stereocenters. The van der Waals surface area contributed by atoms with Gasteiger partial charge in [0.2, 0.25) is 5.91 Å². The minimum atomic E-state index is -0.472. The Balaban J connectivity index is 2.06. The molecule has 1 N–H and O–H groups in total. The molecule has 0 bridgehead atoms. The molecule has 0 saturated heterocycles. The van der Waals surface area contributed by atoms with Gasteiger partial charge in [0.15, 0.2) is 11.6 Å². The number of methoxy groups -OCH3 is 1. The van der Waals surface area contributed by atoms with Gasteiger partial charge in [-0.05, 0) is 42.3 Å². The average Bonchev–Trinajstić information content (AvgIpc) is 2.51. The van der Waals surface area contributed by atoms with Crippen molar-refractivity contribution in [3.8, 4) is 5.75 Å². The van der Waals surface area contributed by atoms with E-state index in [1.807, 2.05) is 0 Å². The fourth-order valence-electron chi connectivity index (χ4n) is 2.19. The molecule has 1 amide bonds. The summed E-state index contributed by atoms with van der Waals surface area (Å²) in [4.78, 5) is 12.2. The summed E-state index contributed by atoms with van der Waals surface area (Å²) >= 11 is 12.1. The van der Waals surface area contributed by atoms with Gasteiger partial charge in [0.25, 0.3) is 0 Å². The predicted octanol–water partition coefficient (Wildman–Crippen LogP) is 4.56. The lowest BCUT2D eigenvalue weighted by molar-refractivity contribution is -0.121. The highest BCUT2D eigenvalue weighted by atomic mass is 35.5. The highest BCUT2D eigenvalue weighted by molar-refractivity contribution is 6.36. The molecule has 0 unspecified atom stereocenters. The number of benzene rings is 2. The third kappa shape index (κ3) is 4.36. The molecular formula is C17H16Cl2FNO2. The molecule has 23 heavy (non-hydrogen) atoms. The van der Waals surface area contributed by atoms with Gasteiger partial charge in [0, 0.05) is 10.0 Å². The Morgan fingerprint density at radius 3 is 2.48 bits per heavy atom. The number of nitrogens with one attached hydrogen (secondary N) is 1. The monoisotopic (exact) mass is 355 g/mol. The molecule has 0 radical (unpaired) electrons. The first-order chi connectivity index (χ1) is 10.9. The van der Waals surface area contributed by atoms with E-state index in [4.69, 9.17) is 27.9 Å². The molecule has 2 aromatic rings. The second-order valence-corrected chi connectivity index (χ2v) is 5.87. The number of amides is 1. The summed E-state index contributed by atoms with van der Waals surface area (Å²) in [5, 5.41) is 3.68. The van der Waals surface area contributed by atoms with Crippen LogP contribution in [-0.4, -0.2) is 13.0 Å². The number of carbonyl (C=O) groups excluding carboxylic acids is 1. The van der Waals surface area contributed by atoms with Crippen LogP contribution in [0.25, 0.3) is 0 Å². The Hall–Kier alpha value is -1.78. The molecule has 0 aliphatic rings. The van der Waals surface area contributed by atoms with E-state index in [2.05, 4.69) is 5.32 Å². The van der Waals surface area contributed by atoms with Crippen molar-refractivity contribution in [3.63, 3.8) is 0 Å².